The average molecular weight is 154 g/mol. The first-order chi connectivity index (χ1) is 4.95. The number of rotatable bonds is 3. The summed E-state index contributed by atoms with van der Waals surface area (Å²) in [7, 11) is 4.02. The molecule has 0 amide bonds. The van der Waals surface area contributed by atoms with E-state index in [1.807, 2.05) is 20.2 Å². The van der Waals surface area contributed by atoms with Gasteiger partial charge in [0.15, 0.2) is 0 Å². The van der Waals surface area contributed by atoms with Crippen molar-refractivity contribution in [2.45, 2.75) is 20.8 Å². The van der Waals surface area contributed by atoms with Crippen LogP contribution >= 0.6 is 0 Å². The Morgan fingerprint density at radius 3 is 1.91 bits per heavy atom. The molecule has 0 saturated carbocycles. The van der Waals surface area contributed by atoms with Crippen molar-refractivity contribution in [3.63, 3.8) is 0 Å². The monoisotopic (exact) mass is 154 g/mol. The van der Waals surface area contributed by atoms with Gasteiger partial charge >= 0.3 is 0 Å². The summed E-state index contributed by atoms with van der Waals surface area (Å²) < 4.78 is 0. The molecule has 0 aliphatic carbocycles. The molecule has 64 valence electrons. The van der Waals surface area contributed by atoms with Gasteiger partial charge in [0.1, 0.15) is 0 Å². The van der Waals surface area contributed by atoms with E-state index in [0.717, 1.165) is 0 Å². The minimum absolute atomic E-state index is 0.491. The van der Waals surface area contributed by atoms with E-state index in [0.29, 0.717) is 11.6 Å². The Labute approximate surface area is 69.4 Å². The average Bonchev–Trinajstić information content (AvgIpc) is 1.81. The van der Waals surface area contributed by atoms with E-state index in [1.54, 1.807) is 6.92 Å². The molecule has 2 nitrogen and oxygen atoms in total. The number of nitrogens with zero attached hydrogens (tertiary/aromatic N) is 1. The van der Waals surface area contributed by atoms with Crippen molar-refractivity contribution >= 4 is 5.71 Å². The lowest BCUT2D eigenvalue weighted by Gasteiger charge is -2.20. The molecule has 0 bridgehead atoms. The number of hydrogen-bond donors (Lipinski definition) is 1. The van der Waals surface area contributed by atoms with Gasteiger partial charge in [0.05, 0.1) is 0 Å². The van der Waals surface area contributed by atoms with Crippen LogP contribution in [0, 0.1) is 11.3 Å². The van der Waals surface area contributed by atoms with E-state index >= 15 is 0 Å². The molecule has 0 heterocycles. The van der Waals surface area contributed by atoms with E-state index < -0.39 is 0 Å². The summed E-state index contributed by atoms with van der Waals surface area (Å²) in [5, 5.41) is 7.31. The van der Waals surface area contributed by atoms with Gasteiger partial charge in [-0.25, -0.2) is 0 Å². The predicted octanol–water partition coefficient (Wildman–Crippen LogP) is 2.13. The van der Waals surface area contributed by atoms with E-state index in [2.05, 4.69) is 18.7 Å². The number of nitrogens with one attached hydrogen (secondary N) is 1. The van der Waals surface area contributed by atoms with Gasteiger partial charge in [0.25, 0.3) is 0 Å². The molecule has 0 unspecified atom stereocenters. The first-order valence-electron chi connectivity index (χ1n) is 3.89. The Hall–Kier alpha value is -0.790. The molecule has 11 heavy (non-hydrogen) atoms. The fourth-order valence-corrected chi connectivity index (χ4v) is 1.03. The topological polar surface area (TPSA) is 27.1 Å². The van der Waals surface area contributed by atoms with Crippen LogP contribution in [-0.4, -0.2) is 24.7 Å². The molecule has 0 aromatic heterocycles. The zero-order valence-electron chi connectivity index (χ0n) is 8.10. The Balaban J connectivity index is 4.46. The fraction of sp³-hybridized carbons (Fsp3) is 0.667. The second kappa shape index (κ2) is 4.16. The van der Waals surface area contributed by atoms with Gasteiger partial charge in [-0.2, -0.15) is 0 Å². The van der Waals surface area contributed by atoms with Crippen molar-refractivity contribution in [1.82, 2.24) is 4.90 Å². The molecule has 0 aromatic carbocycles. The highest BCUT2D eigenvalue weighted by Gasteiger charge is 2.04. The standard InChI is InChI=1S/C9H18N2/c1-7(2)9(11(4)5)6-8(3)10/h6-7,10H,1-5H3/b9-6-,10-8?. The Bertz CT molecular complexity index is 156. The molecule has 0 fully saturated rings. The van der Waals surface area contributed by atoms with Crippen molar-refractivity contribution in [3.8, 4) is 0 Å². The highest BCUT2D eigenvalue weighted by molar-refractivity contribution is 5.90. The summed E-state index contributed by atoms with van der Waals surface area (Å²) >= 11 is 0. The molecule has 0 aliphatic heterocycles. The third-order valence-corrected chi connectivity index (χ3v) is 1.47. The van der Waals surface area contributed by atoms with E-state index in [9.17, 15) is 0 Å². The van der Waals surface area contributed by atoms with Crippen LogP contribution in [0.2, 0.25) is 0 Å². The number of allylic oxidation sites excluding steroid dienone is 2. The minimum atomic E-state index is 0.491. The molecule has 0 rings (SSSR count). The van der Waals surface area contributed by atoms with Gasteiger partial charge in [-0.05, 0) is 18.9 Å². The third kappa shape index (κ3) is 3.81. The normalized spacial score (nSPS) is 12.0. The van der Waals surface area contributed by atoms with Crippen LogP contribution in [-0.2, 0) is 0 Å². The molecule has 1 N–H and O–H groups in total. The van der Waals surface area contributed by atoms with Crippen LogP contribution in [0.1, 0.15) is 20.8 Å². The van der Waals surface area contributed by atoms with Crippen LogP contribution in [0.25, 0.3) is 0 Å². The Morgan fingerprint density at radius 1 is 1.36 bits per heavy atom. The molecule has 0 saturated heterocycles. The van der Waals surface area contributed by atoms with Crippen LogP contribution in [0.15, 0.2) is 11.8 Å². The lowest BCUT2D eigenvalue weighted by molar-refractivity contribution is 0.447. The quantitative estimate of drug-likeness (QED) is 0.619. The van der Waals surface area contributed by atoms with Crippen LogP contribution < -0.4 is 0 Å². The van der Waals surface area contributed by atoms with Crippen molar-refractivity contribution in [1.29, 1.82) is 5.41 Å². The Kier molecular flexibility index (Phi) is 3.86. The molecular formula is C9H18N2. The largest absolute Gasteiger partial charge is 0.381 e. The maximum absolute atomic E-state index is 7.31. The van der Waals surface area contributed by atoms with E-state index in [-0.39, 0.29) is 0 Å². The first-order valence-corrected chi connectivity index (χ1v) is 3.89. The fourth-order valence-electron chi connectivity index (χ4n) is 1.03. The predicted molar refractivity (Wildman–Crippen MR) is 50.0 cm³/mol. The SMILES string of the molecule is CC(=N)/C=C(/C(C)C)N(C)C. The zero-order chi connectivity index (χ0) is 9.02. The van der Waals surface area contributed by atoms with E-state index in [4.69, 9.17) is 5.41 Å². The lowest BCUT2D eigenvalue weighted by atomic mass is 10.1. The summed E-state index contributed by atoms with van der Waals surface area (Å²) in [6.45, 7) is 6.06. The molecule has 0 radical (unpaired) electrons. The smallest absolute Gasteiger partial charge is 0.0300 e. The van der Waals surface area contributed by atoms with Gasteiger partial charge in [0, 0.05) is 25.5 Å². The molecule has 2 heteroatoms. The summed E-state index contributed by atoms with van der Waals surface area (Å²) in [6.07, 6.45) is 1.91. The van der Waals surface area contributed by atoms with Gasteiger partial charge in [-0.3, -0.25) is 0 Å². The summed E-state index contributed by atoms with van der Waals surface area (Å²) in [5.41, 5.74) is 1.82. The molecule has 0 aliphatic rings. The van der Waals surface area contributed by atoms with Crippen molar-refractivity contribution < 1.29 is 0 Å². The van der Waals surface area contributed by atoms with Crippen LogP contribution in [0.4, 0.5) is 0 Å². The van der Waals surface area contributed by atoms with Crippen molar-refractivity contribution in [2.24, 2.45) is 5.92 Å². The first kappa shape index (κ1) is 10.2. The van der Waals surface area contributed by atoms with Crippen molar-refractivity contribution in [3.05, 3.63) is 11.8 Å². The summed E-state index contributed by atoms with van der Waals surface area (Å²) in [6, 6.07) is 0. The van der Waals surface area contributed by atoms with Gasteiger partial charge in [-0.1, -0.05) is 13.8 Å². The minimum Gasteiger partial charge on any atom is -0.381 e. The lowest BCUT2D eigenvalue weighted by Crippen LogP contribution is -2.16. The highest BCUT2D eigenvalue weighted by atomic mass is 15.1. The molecule has 0 aromatic rings. The van der Waals surface area contributed by atoms with Gasteiger partial charge < -0.3 is 10.3 Å². The maximum atomic E-state index is 7.31. The van der Waals surface area contributed by atoms with Crippen molar-refractivity contribution in [2.75, 3.05) is 14.1 Å². The highest BCUT2D eigenvalue weighted by Crippen LogP contribution is 2.11. The summed E-state index contributed by atoms with van der Waals surface area (Å²) in [5.74, 6) is 0.491. The summed E-state index contributed by atoms with van der Waals surface area (Å²) in [4.78, 5) is 2.06. The van der Waals surface area contributed by atoms with Crippen LogP contribution in [0.3, 0.4) is 0 Å². The molecule has 0 atom stereocenters. The van der Waals surface area contributed by atoms with Gasteiger partial charge in [0.2, 0.25) is 0 Å². The second-order valence-electron chi connectivity index (χ2n) is 3.30. The maximum Gasteiger partial charge on any atom is 0.0300 e. The molecule has 0 spiro atoms. The van der Waals surface area contributed by atoms with Crippen LogP contribution in [0.5, 0.6) is 0 Å². The Morgan fingerprint density at radius 2 is 1.82 bits per heavy atom. The second-order valence-corrected chi connectivity index (χ2v) is 3.30. The van der Waals surface area contributed by atoms with E-state index in [1.165, 1.54) is 5.70 Å². The third-order valence-electron chi connectivity index (χ3n) is 1.47. The zero-order valence-corrected chi connectivity index (χ0v) is 8.10. The number of hydrogen-bond acceptors (Lipinski definition) is 2. The van der Waals surface area contributed by atoms with Gasteiger partial charge in [-0.15, -0.1) is 0 Å². The molecular weight excluding hydrogens is 136 g/mol.